The van der Waals surface area contributed by atoms with Crippen LogP contribution in [0, 0.1) is 12.7 Å². The van der Waals surface area contributed by atoms with Crippen LogP contribution in [0.15, 0.2) is 41.4 Å². The van der Waals surface area contributed by atoms with E-state index in [1.54, 1.807) is 12.1 Å². The molecular formula is C19H21ClFN3S. The molecule has 0 N–H and O–H groups in total. The molecule has 1 fully saturated rings. The lowest BCUT2D eigenvalue weighted by molar-refractivity contribution is 0.477. The van der Waals surface area contributed by atoms with Crippen LogP contribution in [0.2, 0.25) is 5.02 Å². The maximum absolute atomic E-state index is 14.1. The maximum Gasteiger partial charge on any atom is 0.146 e. The number of rotatable bonds is 4. The van der Waals surface area contributed by atoms with Gasteiger partial charge in [0.05, 0.1) is 22.7 Å². The number of nitrogens with zero attached hydrogens (tertiary/aromatic N) is 3. The second-order valence-electron chi connectivity index (χ2n) is 5.99. The summed E-state index contributed by atoms with van der Waals surface area (Å²) in [4.78, 5) is 8.57. The lowest BCUT2D eigenvalue weighted by atomic mass is 10.1. The van der Waals surface area contributed by atoms with Crippen LogP contribution in [0.4, 0.5) is 21.5 Å². The molecule has 0 aliphatic carbocycles. The standard InChI is InChI=1S/C19H21ClFN3S/c1-14-11-17(22-13-24-7-9-25-10-8-24)15(20)12-19(14)23(2)18-6-4-3-5-16(18)21/h3-6,11-13H,7-10H2,1-2H3. The minimum Gasteiger partial charge on any atom is -0.361 e. The minimum atomic E-state index is -0.259. The van der Waals surface area contributed by atoms with E-state index >= 15 is 0 Å². The smallest absolute Gasteiger partial charge is 0.146 e. The van der Waals surface area contributed by atoms with Crippen molar-refractivity contribution in [3.05, 3.63) is 52.8 Å². The van der Waals surface area contributed by atoms with Gasteiger partial charge in [-0.25, -0.2) is 9.38 Å². The van der Waals surface area contributed by atoms with E-state index in [1.165, 1.54) is 6.07 Å². The fourth-order valence-electron chi connectivity index (χ4n) is 2.81. The Morgan fingerprint density at radius 3 is 2.64 bits per heavy atom. The Kier molecular flexibility index (Phi) is 5.86. The predicted molar refractivity (Wildman–Crippen MR) is 108 cm³/mol. The summed E-state index contributed by atoms with van der Waals surface area (Å²) in [6, 6.07) is 10.5. The van der Waals surface area contributed by atoms with E-state index in [0.717, 1.165) is 41.5 Å². The second kappa shape index (κ2) is 8.11. The van der Waals surface area contributed by atoms with Crippen LogP contribution < -0.4 is 4.90 Å². The molecule has 132 valence electrons. The largest absolute Gasteiger partial charge is 0.361 e. The lowest BCUT2D eigenvalue weighted by Crippen LogP contribution is -2.31. The van der Waals surface area contributed by atoms with Crippen molar-refractivity contribution in [3.8, 4) is 0 Å². The number of halogens is 2. The number of benzene rings is 2. The van der Waals surface area contributed by atoms with Crippen LogP contribution in [0.3, 0.4) is 0 Å². The molecule has 1 heterocycles. The molecule has 0 bridgehead atoms. The Morgan fingerprint density at radius 1 is 1.20 bits per heavy atom. The number of anilines is 2. The van der Waals surface area contributed by atoms with Crippen molar-refractivity contribution < 1.29 is 4.39 Å². The summed E-state index contributed by atoms with van der Waals surface area (Å²) in [7, 11) is 1.84. The Morgan fingerprint density at radius 2 is 1.92 bits per heavy atom. The van der Waals surface area contributed by atoms with Gasteiger partial charge >= 0.3 is 0 Å². The second-order valence-corrected chi connectivity index (χ2v) is 7.63. The fraction of sp³-hybridized carbons (Fsp3) is 0.316. The van der Waals surface area contributed by atoms with Gasteiger partial charge in [0.2, 0.25) is 0 Å². The molecule has 1 aliphatic rings. The number of para-hydroxylation sites is 1. The molecule has 25 heavy (non-hydrogen) atoms. The Hall–Kier alpha value is -1.72. The molecule has 0 saturated carbocycles. The van der Waals surface area contributed by atoms with Crippen molar-refractivity contribution in [2.75, 3.05) is 36.5 Å². The van der Waals surface area contributed by atoms with E-state index in [0.29, 0.717) is 10.7 Å². The monoisotopic (exact) mass is 377 g/mol. The molecular weight excluding hydrogens is 357 g/mol. The first-order valence-corrected chi connectivity index (χ1v) is 9.74. The van der Waals surface area contributed by atoms with Gasteiger partial charge in [0.1, 0.15) is 5.82 Å². The van der Waals surface area contributed by atoms with Crippen LogP contribution in [0.5, 0.6) is 0 Å². The zero-order valence-electron chi connectivity index (χ0n) is 14.4. The molecule has 0 aromatic heterocycles. The molecule has 1 aliphatic heterocycles. The predicted octanol–water partition coefficient (Wildman–Crippen LogP) is 5.26. The van der Waals surface area contributed by atoms with Gasteiger partial charge in [-0.05, 0) is 36.8 Å². The van der Waals surface area contributed by atoms with Gasteiger partial charge in [-0.2, -0.15) is 11.8 Å². The van der Waals surface area contributed by atoms with Gasteiger partial charge < -0.3 is 9.80 Å². The molecule has 0 spiro atoms. The summed E-state index contributed by atoms with van der Waals surface area (Å²) in [5.74, 6) is 2.00. The average Bonchev–Trinajstić information content (AvgIpc) is 2.63. The Bertz CT molecular complexity index is 775. The van der Waals surface area contributed by atoms with E-state index in [9.17, 15) is 4.39 Å². The number of hydrogen-bond donors (Lipinski definition) is 0. The van der Waals surface area contributed by atoms with Crippen molar-refractivity contribution in [2.45, 2.75) is 6.92 Å². The first-order chi connectivity index (χ1) is 12.1. The molecule has 0 radical (unpaired) electrons. The van der Waals surface area contributed by atoms with Crippen LogP contribution in [0.1, 0.15) is 5.56 Å². The first kappa shape index (κ1) is 18.1. The Labute approximate surface area is 157 Å². The number of aliphatic imine (C=N–C) groups is 1. The lowest BCUT2D eigenvalue weighted by Gasteiger charge is -2.24. The quantitative estimate of drug-likeness (QED) is 0.534. The molecule has 0 atom stereocenters. The maximum atomic E-state index is 14.1. The zero-order chi connectivity index (χ0) is 17.8. The van der Waals surface area contributed by atoms with Gasteiger partial charge in [-0.15, -0.1) is 0 Å². The average molecular weight is 378 g/mol. The van der Waals surface area contributed by atoms with Crippen LogP contribution >= 0.6 is 23.4 Å². The molecule has 3 nitrogen and oxygen atoms in total. The van der Waals surface area contributed by atoms with Crippen molar-refractivity contribution in [3.63, 3.8) is 0 Å². The third-order valence-corrected chi connectivity index (χ3v) is 5.49. The number of thioether (sulfide) groups is 1. The summed E-state index contributed by atoms with van der Waals surface area (Å²) >= 11 is 8.40. The fourth-order valence-corrected chi connectivity index (χ4v) is 3.94. The summed E-state index contributed by atoms with van der Waals surface area (Å²) in [5, 5.41) is 0.562. The molecule has 3 rings (SSSR count). The minimum absolute atomic E-state index is 0.259. The van der Waals surface area contributed by atoms with Crippen molar-refractivity contribution in [1.82, 2.24) is 4.90 Å². The van der Waals surface area contributed by atoms with Gasteiger partial charge in [0, 0.05) is 37.3 Å². The highest BCUT2D eigenvalue weighted by atomic mass is 35.5. The molecule has 0 amide bonds. The van der Waals surface area contributed by atoms with Gasteiger partial charge in [0.15, 0.2) is 0 Å². The normalized spacial score (nSPS) is 15.0. The SMILES string of the molecule is Cc1cc(N=CN2CCSCC2)c(Cl)cc1N(C)c1ccccc1F. The molecule has 1 saturated heterocycles. The molecule has 0 unspecified atom stereocenters. The van der Waals surface area contributed by atoms with Crippen molar-refractivity contribution in [2.24, 2.45) is 4.99 Å². The van der Waals surface area contributed by atoms with E-state index in [-0.39, 0.29) is 5.82 Å². The van der Waals surface area contributed by atoms with E-state index in [1.807, 2.05) is 55.2 Å². The third-order valence-electron chi connectivity index (χ3n) is 4.25. The van der Waals surface area contributed by atoms with Crippen molar-refractivity contribution >= 4 is 46.8 Å². The van der Waals surface area contributed by atoms with Crippen LogP contribution in [0.25, 0.3) is 0 Å². The first-order valence-electron chi connectivity index (χ1n) is 8.20. The summed E-state index contributed by atoms with van der Waals surface area (Å²) in [6.07, 6.45) is 1.88. The summed E-state index contributed by atoms with van der Waals surface area (Å²) in [6.45, 7) is 4.01. The Balaban J connectivity index is 1.84. The molecule has 2 aromatic carbocycles. The van der Waals surface area contributed by atoms with Gasteiger partial charge in [-0.1, -0.05) is 23.7 Å². The molecule has 6 heteroatoms. The van der Waals surface area contributed by atoms with Crippen LogP contribution in [-0.2, 0) is 0 Å². The molecule has 2 aromatic rings. The van der Waals surface area contributed by atoms with E-state index < -0.39 is 0 Å². The van der Waals surface area contributed by atoms with Gasteiger partial charge in [0.25, 0.3) is 0 Å². The summed E-state index contributed by atoms with van der Waals surface area (Å²) in [5.41, 5.74) is 3.12. The zero-order valence-corrected chi connectivity index (χ0v) is 15.9. The van der Waals surface area contributed by atoms with E-state index in [2.05, 4.69) is 9.89 Å². The highest BCUT2D eigenvalue weighted by molar-refractivity contribution is 7.99. The third kappa shape index (κ3) is 4.28. The van der Waals surface area contributed by atoms with Crippen LogP contribution in [-0.4, -0.2) is 42.9 Å². The van der Waals surface area contributed by atoms with Crippen molar-refractivity contribution in [1.29, 1.82) is 0 Å². The number of aryl methyl sites for hydroxylation is 1. The highest BCUT2D eigenvalue weighted by Crippen LogP contribution is 2.36. The van der Waals surface area contributed by atoms with Gasteiger partial charge in [-0.3, -0.25) is 0 Å². The van der Waals surface area contributed by atoms with E-state index in [4.69, 9.17) is 11.6 Å². The number of hydrogen-bond acceptors (Lipinski definition) is 3. The summed E-state index contributed by atoms with van der Waals surface area (Å²) < 4.78 is 14.1. The highest BCUT2D eigenvalue weighted by Gasteiger charge is 2.14. The topological polar surface area (TPSA) is 18.8 Å².